The maximum absolute atomic E-state index is 11.7. The Bertz CT molecular complexity index is 1140. The van der Waals surface area contributed by atoms with Crippen LogP contribution in [0.3, 0.4) is 0 Å². The van der Waals surface area contributed by atoms with Crippen LogP contribution in [0.4, 0.5) is 0 Å². The lowest BCUT2D eigenvalue weighted by atomic mass is 9.99. The minimum Gasteiger partial charge on any atom is -0.348 e. The molecule has 0 fully saturated rings. The Morgan fingerprint density at radius 2 is 2.00 bits per heavy atom. The quantitative estimate of drug-likeness (QED) is 0.594. The fourth-order valence-corrected chi connectivity index (χ4v) is 3.37. The highest BCUT2D eigenvalue weighted by Crippen LogP contribution is 2.32. The van der Waals surface area contributed by atoms with Gasteiger partial charge < -0.3 is 10.3 Å². The molecule has 1 amide bonds. The average molecular weight is 329 g/mol. The predicted molar refractivity (Wildman–Crippen MR) is 94.9 cm³/mol. The smallest absolute Gasteiger partial charge is 0.251 e. The van der Waals surface area contributed by atoms with Gasteiger partial charge in [0.1, 0.15) is 5.65 Å². The van der Waals surface area contributed by atoms with Crippen LogP contribution in [0.25, 0.3) is 33.3 Å². The number of nitrogens with one attached hydrogen (secondary N) is 2. The summed E-state index contributed by atoms with van der Waals surface area (Å²) < 4.78 is 1.78. The zero-order valence-electron chi connectivity index (χ0n) is 13.6. The van der Waals surface area contributed by atoms with E-state index in [1.54, 1.807) is 4.68 Å². The van der Waals surface area contributed by atoms with Crippen LogP contribution in [0.2, 0.25) is 0 Å². The number of carbonyl (C=O) groups is 1. The number of amides is 1. The molecule has 0 unspecified atom stereocenters. The Labute approximate surface area is 143 Å². The molecule has 0 radical (unpaired) electrons. The molecule has 5 rings (SSSR count). The molecule has 25 heavy (non-hydrogen) atoms. The predicted octanol–water partition coefficient (Wildman–Crippen LogP) is 2.87. The van der Waals surface area contributed by atoms with Crippen LogP contribution in [-0.4, -0.2) is 25.7 Å². The summed E-state index contributed by atoms with van der Waals surface area (Å²) in [5, 5.41) is 8.14. The maximum atomic E-state index is 11.7. The normalized spacial score (nSPS) is 13.2. The summed E-state index contributed by atoms with van der Waals surface area (Å²) in [4.78, 5) is 19.5. The number of fused-ring (bicyclic) bond motifs is 2. The minimum absolute atomic E-state index is 0.000933. The van der Waals surface area contributed by atoms with E-state index in [1.807, 2.05) is 44.0 Å². The highest BCUT2D eigenvalue weighted by atomic mass is 16.1. The number of nitrogens with zero attached hydrogens (tertiary/aromatic N) is 3. The summed E-state index contributed by atoms with van der Waals surface area (Å²) in [6.45, 7) is 0.587. The first-order chi connectivity index (χ1) is 12.2. The van der Waals surface area contributed by atoms with E-state index in [-0.39, 0.29) is 5.91 Å². The molecule has 1 aliphatic heterocycles. The monoisotopic (exact) mass is 329 g/mol. The molecule has 4 heterocycles. The number of H-pyrrole nitrogens is 1. The number of benzene rings is 1. The van der Waals surface area contributed by atoms with E-state index in [0.29, 0.717) is 6.54 Å². The van der Waals surface area contributed by atoms with Crippen LogP contribution in [0.1, 0.15) is 15.9 Å². The van der Waals surface area contributed by atoms with E-state index in [0.717, 1.165) is 44.4 Å². The number of rotatable bonds is 2. The molecule has 0 spiro atoms. The third kappa shape index (κ3) is 2.15. The summed E-state index contributed by atoms with van der Waals surface area (Å²) >= 11 is 0. The van der Waals surface area contributed by atoms with Gasteiger partial charge in [-0.25, -0.2) is 4.98 Å². The summed E-state index contributed by atoms with van der Waals surface area (Å²) in [5.41, 5.74) is 6.86. The van der Waals surface area contributed by atoms with Gasteiger partial charge in [-0.05, 0) is 29.3 Å². The van der Waals surface area contributed by atoms with Gasteiger partial charge >= 0.3 is 0 Å². The number of carbonyl (C=O) groups excluding carboxylic acids is 1. The van der Waals surface area contributed by atoms with Crippen molar-refractivity contribution in [2.45, 2.75) is 6.54 Å². The van der Waals surface area contributed by atoms with Gasteiger partial charge in [-0.15, -0.1) is 0 Å². The SMILES string of the molecule is Cn1cc(-c2cnc3[nH]cc(-c4ccc5c(c4)CNC5=O)c3c2)cn1. The topological polar surface area (TPSA) is 75.6 Å². The number of hydrogen-bond acceptors (Lipinski definition) is 3. The molecule has 0 saturated carbocycles. The molecule has 6 nitrogen and oxygen atoms in total. The van der Waals surface area contributed by atoms with Gasteiger partial charge in [0.2, 0.25) is 0 Å². The zero-order valence-corrected chi connectivity index (χ0v) is 13.6. The number of aromatic amines is 1. The van der Waals surface area contributed by atoms with Gasteiger partial charge in [-0.1, -0.05) is 6.07 Å². The molecule has 0 atom stereocenters. The van der Waals surface area contributed by atoms with Crippen molar-refractivity contribution in [1.29, 1.82) is 0 Å². The van der Waals surface area contributed by atoms with Crippen molar-refractivity contribution in [1.82, 2.24) is 25.1 Å². The van der Waals surface area contributed by atoms with E-state index in [4.69, 9.17) is 0 Å². The molecule has 1 aliphatic rings. The van der Waals surface area contributed by atoms with Crippen LogP contribution in [0.15, 0.2) is 49.1 Å². The zero-order chi connectivity index (χ0) is 17.0. The first-order valence-corrected chi connectivity index (χ1v) is 8.07. The van der Waals surface area contributed by atoms with E-state index in [9.17, 15) is 4.79 Å². The second kappa shape index (κ2) is 5.04. The Morgan fingerprint density at radius 1 is 1.08 bits per heavy atom. The molecule has 3 aromatic heterocycles. The van der Waals surface area contributed by atoms with Crippen LogP contribution in [-0.2, 0) is 13.6 Å². The van der Waals surface area contributed by atoms with Crippen LogP contribution < -0.4 is 5.32 Å². The van der Waals surface area contributed by atoms with Crippen LogP contribution >= 0.6 is 0 Å². The number of hydrogen-bond donors (Lipinski definition) is 2. The number of aromatic nitrogens is 4. The average Bonchev–Trinajstić information content (AvgIpc) is 3.33. The second-order valence-electron chi connectivity index (χ2n) is 6.28. The first-order valence-electron chi connectivity index (χ1n) is 8.07. The molecule has 0 bridgehead atoms. The van der Waals surface area contributed by atoms with Crippen molar-refractivity contribution in [3.8, 4) is 22.3 Å². The molecule has 0 saturated heterocycles. The van der Waals surface area contributed by atoms with E-state index < -0.39 is 0 Å². The van der Waals surface area contributed by atoms with Gasteiger partial charge in [-0.3, -0.25) is 9.48 Å². The van der Waals surface area contributed by atoms with Crippen molar-refractivity contribution < 1.29 is 4.79 Å². The molecule has 1 aromatic carbocycles. The summed E-state index contributed by atoms with van der Waals surface area (Å²) in [5.74, 6) is 0.000933. The number of aryl methyl sites for hydroxylation is 1. The third-order valence-corrected chi connectivity index (χ3v) is 4.67. The molecule has 122 valence electrons. The molecule has 2 N–H and O–H groups in total. The van der Waals surface area contributed by atoms with Gasteiger partial charge in [0, 0.05) is 59.8 Å². The lowest BCUT2D eigenvalue weighted by Gasteiger charge is -2.04. The molecule has 6 heteroatoms. The molecular weight excluding hydrogens is 314 g/mol. The van der Waals surface area contributed by atoms with Crippen molar-refractivity contribution >= 4 is 16.9 Å². The summed E-state index contributed by atoms with van der Waals surface area (Å²) in [6, 6.07) is 8.09. The van der Waals surface area contributed by atoms with Crippen molar-refractivity contribution in [2.24, 2.45) is 7.05 Å². The Hall–Kier alpha value is -3.41. The largest absolute Gasteiger partial charge is 0.348 e. The summed E-state index contributed by atoms with van der Waals surface area (Å²) in [7, 11) is 1.90. The Morgan fingerprint density at radius 3 is 2.84 bits per heavy atom. The lowest BCUT2D eigenvalue weighted by molar-refractivity contribution is 0.0966. The highest BCUT2D eigenvalue weighted by Gasteiger charge is 2.19. The Balaban J connectivity index is 1.65. The van der Waals surface area contributed by atoms with Crippen LogP contribution in [0, 0.1) is 0 Å². The van der Waals surface area contributed by atoms with Crippen molar-refractivity contribution in [3.63, 3.8) is 0 Å². The van der Waals surface area contributed by atoms with Gasteiger partial charge in [0.05, 0.1) is 6.20 Å². The third-order valence-electron chi connectivity index (χ3n) is 4.67. The lowest BCUT2D eigenvalue weighted by Crippen LogP contribution is -2.12. The minimum atomic E-state index is 0.000933. The molecule has 4 aromatic rings. The van der Waals surface area contributed by atoms with Crippen molar-refractivity contribution in [2.75, 3.05) is 0 Å². The highest BCUT2D eigenvalue weighted by molar-refractivity contribution is 6.00. The van der Waals surface area contributed by atoms with Gasteiger partial charge in [0.15, 0.2) is 0 Å². The van der Waals surface area contributed by atoms with E-state index in [2.05, 4.69) is 32.5 Å². The molecular formula is C19H15N5O. The van der Waals surface area contributed by atoms with E-state index in [1.165, 1.54) is 0 Å². The van der Waals surface area contributed by atoms with Crippen LogP contribution in [0.5, 0.6) is 0 Å². The van der Waals surface area contributed by atoms with E-state index >= 15 is 0 Å². The van der Waals surface area contributed by atoms with Gasteiger partial charge in [0.25, 0.3) is 5.91 Å². The fraction of sp³-hybridized carbons (Fsp3) is 0.105. The van der Waals surface area contributed by atoms with Crippen molar-refractivity contribution in [3.05, 3.63) is 60.2 Å². The Kier molecular flexibility index (Phi) is 2.82. The van der Waals surface area contributed by atoms with Gasteiger partial charge in [-0.2, -0.15) is 5.10 Å². The fourth-order valence-electron chi connectivity index (χ4n) is 3.37. The molecule has 0 aliphatic carbocycles. The maximum Gasteiger partial charge on any atom is 0.251 e. The standard InChI is InChI=1S/C19H15N5O/c1-24-10-14(8-23-24)12-5-16-17(9-21-18(16)20-6-12)11-2-3-15-13(4-11)7-22-19(15)25/h2-6,8-10H,7H2,1H3,(H,20,21)(H,22,25). The first kappa shape index (κ1) is 14.0. The summed E-state index contributed by atoms with van der Waals surface area (Å²) in [6.07, 6.45) is 7.63. The second-order valence-corrected chi connectivity index (χ2v) is 6.28. The number of pyridine rings is 1.